The van der Waals surface area contributed by atoms with Crippen molar-refractivity contribution in [3.8, 4) is 39.3 Å². The van der Waals surface area contributed by atoms with Crippen molar-refractivity contribution in [3.05, 3.63) is 192 Å². The average Bonchev–Trinajstić information content (AvgIpc) is 3.58. The largest absolute Gasteiger partial charge is 0.310 e. The van der Waals surface area contributed by atoms with Crippen molar-refractivity contribution in [1.82, 2.24) is 14.5 Å². The van der Waals surface area contributed by atoms with Crippen LogP contribution in [0.2, 0.25) is 0 Å². The maximum absolute atomic E-state index is 4.69. The van der Waals surface area contributed by atoms with E-state index in [0.29, 0.717) is 0 Å². The summed E-state index contributed by atoms with van der Waals surface area (Å²) < 4.78 is 2.60. The summed E-state index contributed by atoms with van der Waals surface area (Å²) in [4.78, 5) is 11.7. The molecule has 0 radical (unpaired) electrons. The van der Waals surface area contributed by atoms with E-state index in [4.69, 9.17) is 0 Å². The van der Waals surface area contributed by atoms with Crippen LogP contribution in [0.5, 0.6) is 0 Å². The van der Waals surface area contributed by atoms with E-state index in [-0.39, 0.29) is 10.8 Å². The quantitative estimate of drug-likeness (QED) is 0.171. The monoisotopic (exact) mass is 720 g/mol. The van der Waals surface area contributed by atoms with E-state index in [2.05, 4.69) is 181 Å². The second kappa shape index (κ2) is 11.9. The summed E-state index contributed by atoms with van der Waals surface area (Å²) in [5.74, 6) is 0. The Morgan fingerprint density at radius 2 is 0.857 bits per heavy atom. The van der Waals surface area contributed by atoms with Crippen LogP contribution >= 0.6 is 0 Å². The summed E-state index contributed by atoms with van der Waals surface area (Å²) in [6, 6.07) is 57.3. The molecular formula is C52H40N4. The number of para-hydroxylation sites is 2. The highest BCUT2D eigenvalue weighted by Crippen LogP contribution is 2.56. The van der Waals surface area contributed by atoms with Crippen molar-refractivity contribution < 1.29 is 0 Å². The molecule has 0 saturated carbocycles. The zero-order valence-corrected chi connectivity index (χ0v) is 32.0. The van der Waals surface area contributed by atoms with E-state index in [9.17, 15) is 0 Å². The van der Waals surface area contributed by atoms with E-state index in [1.807, 2.05) is 36.7 Å². The van der Waals surface area contributed by atoms with Crippen molar-refractivity contribution >= 4 is 38.9 Å². The molecule has 268 valence electrons. The standard InChI is InChI=1S/C52H40N4/c1-51(2)42-22-12-20-40-41-21-13-23-43-49(41)56(48(40)42)50-44(51)31-36(32-45(50)52(43,3)4)33-14-9-17-37(28-33)55(38-18-10-15-34(29-38)46-24-5-7-26-53-46)39-19-11-16-35(30-39)47-25-6-8-27-54-47/h5-32H,1-4H3. The third-order valence-corrected chi connectivity index (χ3v) is 12.4. The van der Waals surface area contributed by atoms with Crippen LogP contribution in [0.3, 0.4) is 0 Å². The molecule has 2 aliphatic rings. The molecule has 0 amide bonds. The Balaban J connectivity index is 1.12. The molecule has 0 atom stereocenters. The number of pyridine rings is 2. The van der Waals surface area contributed by atoms with Crippen LogP contribution in [0.15, 0.2) is 170 Å². The number of anilines is 3. The van der Waals surface area contributed by atoms with Crippen LogP contribution in [0.1, 0.15) is 49.9 Å². The molecule has 0 bridgehead atoms. The van der Waals surface area contributed by atoms with Crippen LogP contribution in [0.25, 0.3) is 61.1 Å². The predicted octanol–water partition coefficient (Wildman–Crippen LogP) is 13.3. The summed E-state index contributed by atoms with van der Waals surface area (Å²) in [7, 11) is 0. The SMILES string of the molecule is CC1(C)c2cc(-c3cccc(N(c4cccc(-c5ccccn5)c4)c4cccc(-c5ccccn5)c4)c3)cc3c2-n2c4c1cccc4c1cccc(c12)C3(C)C. The molecule has 56 heavy (non-hydrogen) atoms. The Morgan fingerprint density at radius 3 is 1.32 bits per heavy atom. The van der Waals surface area contributed by atoms with Gasteiger partial charge in [-0.2, -0.15) is 0 Å². The fraction of sp³-hybridized carbons (Fsp3) is 0.115. The van der Waals surface area contributed by atoms with Gasteiger partial charge in [-0.05, 0) is 106 Å². The lowest BCUT2D eigenvalue weighted by atomic mass is 9.68. The fourth-order valence-electron chi connectivity index (χ4n) is 9.58. The minimum atomic E-state index is -0.195. The van der Waals surface area contributed by atoms with Gasteiger partial charge in [0.05, 0.1) is 28.1 Å². The molecule has 5 heterocycles. The molecule has 4 nitrogen and oxygen atoms in total. The maximum atomic E-state index is 4.69. The second-order valence-corrected chi connectivity index (χ2v) is 16.3. The van der Waals surface area contributed by atoms with Crippen LogP contribution in [-0.4, -0.2) is 14.5 Å². The first-order chi connectivity index (χ1) is 27.3. The van der Waals surface area contributed by atoms with Crippen molar-refractivity contribution in [2.24, 2.45) is 0 Å². The molecule has 0 saturated heterocycles. The van der Waals surface area contributed by atoms with Crippen molar-refractivity contribution in [2.45, 2.75) is 38.5 Å². The lowest BCUT2D eigenvalue weighted by Crippen LogP contribution is -2.33. The molecule has 4 heteroatoms. The number of hydrogen-bond donors (Lipinski definition) is 0. The van der Waals surface area contributed by atoms with E-state index in [0.717, 1.165) is 39.6 Å². The first-order valence-corrected chi connectivity index (χ1v) is 19.5. The molecule has 2 aliphatic heterocycles. The van der Waals surface area contributed by atoms with Crippen LogP contribution in [-0.2, 0) is 10.8 Å². The number of fused-ring (bicyclic) bond motifs is 1. The molecule has 0 fully saturated rings. The summed E-state index contributed by atoms with van der Waals surface area (Å²) in [6.45, 7) is 9.64. The smallest absolute Gasteiger partial charge is 0.0702 e. The van der Waals surface area contributed by atoms with E-state index < -0.39 is 0 Å². The van der Waals surface area contributed by atoms with Crippen molar-refractivity contribution in [2.75, 3.05) is 4.90 Å². The Bertz CT molecular complexity index is 2850. The van der Waals surface area contributed by atoms with Crippen LogP contribution in [0, 0.1) is 0 Å². The fourth-order valence-corrected chi connectivity index (χ4v) is 9.58. The molecule has 3 aromatic heterocycles. The van der Waals surface area contributed by atoms with Gasteiger partial charge in [-0.25, -0.2) is 0 Å². The first kappa shape index (κ1) is 32.6. The summed E-state index contributed by atoms with van der Waals surface area (Å²) in [6.07, 6.45) is 3.71. The topological polar surface area (TPSA) is 34.0 Å². The van der Waals surface area contributed by atoms with E-state index in [1.54, 1.807) is 0 Å². The Kier molecular flexibility index (Phi) is 6.91. The Hall–Kier alpha value is -6.78. The van der Waals surface area contributed by atoms with Gasteiger partial charge in [-0.1, -0.05) is 113 Å². The van der Waals surface area contributed by atoms with Gasteiger partial charge in [0.2, 0.25) is 0 Å². The molecule has 0 aliphatic carbocycles. The zero-order chi connectivity index (χ0) is 37.8. The van der Waals surface area contributed by atoms with Gasteiger partial charge in [0, 0.05) is 62.2 Å². The van der Waals surface area contributed by atoms with Crippen molar-refractivity contribution in [1.29, 1.82) is 0 Å². The second-order valence-electron chi connectivity index (χ2n) is 16.3. The van der Waals surface area contributed by atoms with Gasteiger partial charge in [-0.15, -0.1) is 0 Å². The third kappa shape index (κ3) is 4.65. The summed E-state index contributed by atoms with van der Waals surface area (Å²) in [5, 5.41) is 2.69. The number of benzene rings is 6. The maximum Gasteiger partial charge on any atom is 0.0702 e. The summed E-state index contributed by atoms with van der Waals surface area (Å²) in [5.41, 5.74) is 18.8. The van der Waals surface area contributed by atoms with Gasteiger partial charge in [0.25, 0.3) is 0 Å². The highest BCUT2D eigenvalue weighted by atomic mass is 15.1. The number of hydrogen-bond acceptors (Lipinski definition) is 3. The molecule has 0 N–H and O–H groups in total. The molecule has 0 spiro atoms. The van der Waals surface area contributed by atoms with E-state index >= 15 is 0 Å². The highest BCUT2D eigenvalue weighted by Gasteiger charge is 2.43. The molecule has 0 unspecified atom stereocenters. The lowest BCUT2D eigenvalue weighted by molar-refractivity contribution is 0.594. The number of aromatic nitrogens is 3. The minimum absolute atomic E-state index is 0.195. The summed E-state index contributed by atoms with van der Waals surface area (Å²) >= 11 is 0. The van der Waals surface area contributed by atoms with Gasteiger partial charge in [0.15, 0.2) is 0 Å². The number of nitrogens with zero attached hydrogens (tertiary/aromatic N) is 4. The van der Waals surface area contributed by atoms with Crippen molar-refractivity contribution in [3.63, 3.8) is 0 Å². The number of rotatable bonds is 6. The minimum Gasteiger partial charge on any atom is -0.310 e. The predicted molar refractivity (Wildman–Crippen MR) is 232 cm³/mol. The molecule has 9 aromatic rings. The van der Waals surface area contributed by atoms with Crippen LogP contribution < -0.4 is 4.90 Å². The Morgan fingerprint density at radius 1 is 0.411 bits per heavy atom. The van der Waals surface area contributed by atoms with Gasteiger partial charge < -0.3 is 9.47 Å². The van der Waals surface area contributed by atoms with Crippen LogP contribution in [0.4, 0.5) is 17.1 Å². The zero-order valence-electron chi connectivity index (χ0n) is 32.0. The Labute approximate surface area is 327 Å². The highest BCUT2D eigenvalue weighted by molar-refractivity contribution is 6.14. The molecule has 6 aromatic carbocycles. The molecule has 11 rings (SSSR count). The van der Waals surface area contributed by atoms with Gasteiger partial charge >= 0.3 is 0 Å². The third-order valence-electron chi connectivity index (χ3n) is 12.4. The first-order valence-electron chi connectivity index (χ1n) is 19.5. The van der Waals surface area contributed by atoms with E-state index in [1.165, 1.54) is 60.9 Å². The normalized spacial score (nSPS) is 14.4. The lowest BCUT2D eigenvalue weighted by Gasteiger charge is -2.42. The average molecular weight is 721 g/mol. The molecular weight excluding hydrogens is 681 g/mol. The van der Waals surface area contributed by atoms with Gasteiger partial charge in [-0.3, -0.25) is 9.97 Å². The van der Waals surface area contributed by atoms with Gasteiger partial charge in [0.1, 0.15) is 0 Å².